The molecule has 0 atom stereocenters. The van der Waals surface area contributed by atoms with Gasteiger partial charge in [-0.25, -0.2) is 0 Å². The molecule has 2 aromatic rings. The van der Waals surface area contributed by atoms with Gasteiger partial charge < -0.3 is 14.8 Å². The Morgan fingerprint density at radius 1 is 1.16 bits per heavy atom. The first-order valence-electron chi connectivity index (χ1n) is 6.18. The maximum atomic E-state index is 5.38. The molecule has 0 bridgehead atoms. The Hall–Kier alpha value is -2.17. The molecule has 2 rings (SSSR count). The average Bonchev–Trinajstić information content (AvgIpc) is 2.85. The van der Waals surface area contributed by atoms with E-state index in [0.29, 0.717) is 6.04 Å². The van der Waals surface area contributed by atoms with Gasteiger partial charge in [0.15, 0.2) is 0 Å². The number of hydrogen-bond donors (Lipinski definition) is 2. The minimum absolute atomic E-state index is 0.342. The lowest BCUT2D eigenvalue weighted by Gasteiger charge is -2.08. The van der Waals surface area contributed by atoms with Gasteiger partial charge in [-0.15, -0.1) is 0 Å². The first-order chi connectivity index (χ1) is 9.13. The molecule has 0 amide bonds. The van der Waals surface area contributed by atoms with E-state index in [1.54, 1.807) is 14.2 Å². The molecule has 5 nitrogen and oxygen atoms in total. The lowest BCUT2D eigenvalue weighted by atomic mass is 10.1. The van der Waals surface area contributed by atoms with E-state index in [2.05, 4.69) is 29.4 Å². The van der Waals surface area contributed by atoms with Crippen molar-refractivity contribution in [2.75, 3.05) is 19.5 Å². The number of aromatic nitrogens is 2. The molecule has 1 aromatic heterocycles. The van der Waals surface area contributed by atoms with Crippen molar-refractivity contribution in [2.24, 2.45) is 0 Å². The highest BCUT2D eigenvalue weighted by Gasteiger charge is 2.10. The Morgan fingerprint density at radius 2 is 1.95 bits per heavy atom. The van der Waals surface area contributed by atoms with Crippen molar-refractivity contribution in [3.05, 3.63) is 24.3 Å². The SMILES string of the molecule is COc1ccc(-c2cc(NC(C)C)n[nH]2)c(OC)c1. The molecule has 0 saturated heterocycles. The van der Waals surface area contributed by atoms with Crippen molar-refractivity contribution < 1.29 is 9.47 Å². The van der Waals surface area contributed by atoms with Gasteiger partial charge in [0.05, 0.1) is 19.9 Å². The van der Waals surface area contributed by atoms with E-state index in [0.717, 1.165) is 28.6 Å². The van der Waals surface area contributed by atoms with Gasteiger partial charge in [-0.05, 0) is 26.0 Å². The van der Waals surface area contributed by atoms with Crippen LogP contribution < -0.4 is 14.8 Å². The maximum absolute atomic E-state index is 5.38. The number of rotatable bonds is 5. The van der Waals surface area contributed by atoms with E-state index in [1.807, 2.05) is 24.3 Å². The van der Waals surface area contributed by atoms with Crippen LogP contribution in [-0.4, -0.2) is 30.5 Å². The fourth-order valence-electron chi connectivity index (χ4n) is 1.85. The second-order valence-electron chi connectivity index (χ2n) is 4.53. The summed E-state index contributed by atoms with van der Waals surface area (Å²) in [6.07, 6.45) is 0. The van der Waals surface area contributed by atoms with Crippen LogP contribution in [0, 0.1) is 0 Å². The molecule has 0 fully saturated rings. The molecule has 0 radical (unpaired) electrons. The number of hydrogen-bond acceptors (Lipinski definition) is 4. The number of ether oxygens (including phenoxy) is 2. The van der Waals surface area contributed by atoms with E-state index in [-0.39, 0.29) is 0 Å². The molecule has 0 aliphatic rings. The van der Waals surface area contributed by atoms with Crippen LogP contribution in [-0.2, 0) is 0 Å². The van der Waals surface area contributed by atoms with E-state index >= 15 is 0 Å². The zero-order valence-electron chi connectivity index (χ0n) is 11.7. The highest BCUT2D eigenvalue weighted by Crippen LogP contribution is 2.33. The van der Waals surface area contributed by atoms with Crippen molar-refractivity contribution in [1.82, 2.24) is 10.2 Å². The lowest BCUT2D eigenvalue weighted by molar-refractivity contribution is 0.395. The lowest BCUT2D eigenvalue weighted by Crippen LogP contribution is -2.09. The zero-order valence-corrected chi connectivity index (χ0v) is 11.7. The number of H-pyrrole nitrogens is 1. The smallest absolute Gasteiger partial charge is 0.148 e. The van der Waals surface area contributed by atoms with Gasteiger partial charge in [-0.1, -0.05) is 0 Å². The molecule has 5 heteroatoms. The number of methoxy groups -OCH3 is 2. The Morgan fingerprint density at radius 3 is 2.58 bits per heavy atom. The summed E-state index contributed by atoms with van der Waals surface area (Å²) in [4.78, 5) is 0. The molecule has 0 spiro atoms. The van der Waals surface area contributed by atoms with Crippen LogP contribution in [0.3, 0.4) is 0 Å². The van der Waals surface area contributed by atoms with E-state index in [9.17, 15) is 0 Å². The van der Waals surface area contributed by atoms with Crippen LogP contribution in [0.5, 0.6) is 11.5 Å². The van der Waals surface area contributed by atoms with Gasteiger partial charge >= 0.3 is 0 Å². The molecule has 0 aliphatic carbocycles. The van der Waals surface area contributed by atoms with Gasteiger partial charge in [-0.2, -0.15) is 5.10 Å². The molecule has 1 aromatic carbocycles. The predicted octanol–water partition coefficient (Wildman–Crippen LogP) is 2.91. The van der Waals surface area contributed by atoms with Crippen molar-refractivity contribution in [2.45, 2.75) is 19.9 Å². The minimum Gasteiger partial charge on any atom is -0.497 e. The van der Waals surface area contributed by atoms with Gasteiger partial charge in [0, 0.05) is 23.7 Å². The molecule has 102 valence electrons. The molecule has 0 aliphatic heterocycles. The van der Waals surface area contributed by atoms with Crippen LogP contribution in [0.4, 0.5) is 5.82 Å². The molecule has 2 N–H and O–H groups in total. The summed E-state index contributed by atoms with van der Waals surface area (Å²) in [5.74, 6) is 2.34. The topological polar surface area (TPSA) is 59.2 Å². The Balaban J connectivity index is 2.33. The quantitative estimate of drug-likeness (QED) is 0.868. The average molecular weight is 261 g/mol. The summed E-state index contributed by atoms with van der Waals surface area (Å²) in [7, 11) is 3.28. The maximum Gasteiger partial charge on any atom is 0.148 e. The van der Waals surface area contributed by atoms with Crippen LogP contribution in [0.1, 0.15) is 13.8 Å². The highest BCUT2D eigenvalue weighted by atomic mass is 16.5. The van der Waals surface area contributed by atoms with E-state index in [1.165, 1.54) is 0 Å². The summed E-state index contributed by atoms with van der Waals surface area (Å²) in [5.41, 5.74) is 1.86. The first kappa shape index (κ1) is 13.3. The van der Waals surface area contributed by atoms with Gasteiger partial charge in [0.25, 0.3) is 0 Å². The van der Waals surface area contributed by atoms with Crippen LogP contribution in [0.25, 0.3) is 11.3 Å². The standard InChI is InChI=1S/C14H19N3O2/c1-9(2)15-14-8-12(16-17-14)11-6-5-10(18-3)7-13(11)19-4/h5-9H,1-4H3,(H2,15,16,17). The number of aromatic amines is 1. The normalized spacial score (nSPS) is 10.6. The van der Waals surface area contributed by atoms with Crippen molar-refractivity contribution >= 4 is 5.82 Å². The molecule has 19 heavy (non-hydrogen) atoms. The first-order valence-corrected chi connectivity index (χ1v) is 6.18. The molecular formula is C14H19N3O2. The second kappa shape index (κ2) is 5.65. The highest BCUT2D eigenvalue weighted by molar-refractivity contribution is 5.70. The number of anilines is 1. The third-order valence-electron chi connectivity index (χ3n) is 2.71. The summed E-state index contributed by atoms with van der Waals surface area (Å²) in [6, 6.07) is 8.00. The molecule has 0 saturated carbocycles. The van der Waals surface area contributed by atoms with Crippen molar-refractivity contribution in [3.63, 3.8) is 0 Å². The second-order valence-corrected chi connectivity index (χ2v) is 4.53. The number of benzene rings is 1. The summed E-state index contributed by atoms with van der Waals surface area (Å²) in [5, 5.41) is 10.5. The van der Waals surface area contributed by atoms with Crippen molar-refractivity contribution in [1.29, 1.82) is 0 Å². The third kappa shape index (κ3) is 2.99. The third-order valence-corrected chi connectivity index (χ3v) is 2.71. The Bertz CT molecular complexity index is 549. The summed E-state index contributed by atoms with van der Waals surface area (Å²) < 4.78 is 10.6. The minimum atomic E-state index is 0.342. The number of nitrogens with one attached hydrogen (secondary N) is 2. The van der Waals surface area contributed by atoms with Gasteiger partial charge in [0.1, 0.15) is 17.3 Å². The van der Waals surface area contributed by atoms with Gasteiger partial charge in [-0.3, -0.25) is 5.10 Å². The molecule has 1 heterocycles. The van der Waals surface area contributed by atoms with Gasteiger partial charge in [0.2, 0.25) is 0 Å². The van der Waals surface area contributed by atoms with Crippen LogP contribution >= 0.6 is 0 Å². The summed E-state index contributed by atoms with van der Waals surface area (Å²) in [6.45, 7) is 4.14. The van der Waals surface area contributed by atoms with Crippen LogP contribution in [0.15, 0.2) is 24.3 Å². The zero-order chi connectivity index (χ0) is 13.8. The monoisotopic (exact) mass is 261 g/mol. The largest absolute Gasteiger partial charge is 0.497 e. The molecular weight excluding hydrogens is 242 g/mol. The Labute approximate surface area is 112 Å². The fraction of sp³-hybridized carbons (Fsp3) is 0.357. The predicted molar refractivity (Wildman–Crippen MR) is 75.9 cm³/mol. The summed E-state index contributed by atoms with van der Waals surface area (Å²) >= 11 is 0. The Kier molecular flexibility index (Phi) is 3.94. The van der Waals surface area contributed by atoms with E-state index < -0.39 is 0 Å². The fourth-order valence-corrected chi connectivity index (χ4v) is 1.85. The van der Waals surface area contributed by atoms with Crippen LogP contribution in [0.2, 0.25) is 0 Å². The molecule has 0 unspecified atom stereocenters. The van der Waals surface area contributed by atoms with Crippen molar-refractivity contribution in [3.8, 4) is 22.8 Å². The van der Waals surface area contributed by atoms with E-state index in [4.69, 9.17) is 9.47 Å². The number of nitrogens with zero attached hydrogens (tertiary/aromatic N) is 1.